The Balaban J connectivity index is 0.000000143. The third kappa shape index (κ3) is 20.1. The molecule has 8 aliphatic rings. The Kier molecular flexibility index (Phi) is 30.6. The first-order chi connectivity index (χ1) is 63.4. The van der Waals surface area contributed by atoms with E-state index in [0.29, 0.717) is 111 Å². The molecule has 6 heterocycles. The summed E-state index contributed by atoms with van der Waals surface area (Å²) in [7, 11) is 0. The molecule has 2 unspecified atom stereocenters. The fraction of sp³-hybridized carbons (Fsp3) is 0.342. The molecule has 135 heavy (non-hydrogen) atoms. The van der Waals surface area contributed by atoms with Crippen LogP contribution >= 0.6 is 69.6 Å². The van der Waals surface area contributed by atoms with Gasteiger partial charge in [0.05, 0.1) is 69.0 Å². The van der Waals surface area contributed by atoms with Gasteiger partial charge in [0, 0.05) is 42.0 Å². The summed E-state index contributed by atoms with van der Waals surface area (Å²) in [5, 5.41) is 43.0. The quantitative estimate of drug-likeness (QED) is 0.0854. The largest absolute Gasteiger partial charge is 0.511 e. The molecule has 18 rings (SSSR count). The summed E-state index contributed by atoms with van der Waals surface area (Å²) in [5.74, 6) is -3.00. The molecule has 10 aromatic carbocycles. The molecular weight excluding hydrogens is 1830 g/mol. The zero-order chi connectivity index (χ0) is 96.9. The summed E-state index contributed by atoms with van der Waals surface area (Å²) >= 11 is 36.5. The van der Waals surface area contributed by atoms with E-state index in [0.717, 1.165) is 137 Å². The van der Waals surface area contributed by atoms with Gasteiger partial charge in [-0.1, -0.05) is 220 Å². The van der Waals surface area contributed by atoms with E-state index >= 15 is 0 Å². The molecule has 706 valence electrons. The van der Waals surface area contributed by atoms with Crippen LogP contribution in [0.4, 0.5) is 0 Å². The molecule has 0 bridgehead atoms. The van der Waals surface area contributed by atoms with Crippen molar-refractivity contribution in [3.8, 4) is 55.6 Å². The van der Waals surface area contributed by atoms with Crippen LogP contribution in [0.3, 0.4) is 0 Å². The number of benzene rings is 10. The van der Waals surface area contributed by atoms with E-state index in [4.69, 9.17) is 88.6 Å². The van der Waals surface area contributed by atoms with Crippen molar-refractivity contribution in [1.82, 2.24) is 20.0 Å². The second-order valence-corrected chi connectivity index (χ2v) is 40.6. The Morgan fingerprint density at radius 3 is 1.13 bits per heavy atom. The minimum atomic E-state index is -0.914. The number of Topliss-reactive ketones (excluding diaryl/α,β-unsaturated/α-hetero) is 1. The number of hydrogen-bond donors (Lipinski definition) is 3. The van der Waals surface area contributed by atoms with Gasteiger partial charge in [0.15, 0.2) is 5.78 Å². The monoisotopic (exact) mass is 1940 g/mol. The summed E-state index contributed by atoms with van der Waals surface area (Å²) < 4.78 is 22.2. The lowest BCUT2D eigenvalue weighted by Crippen LogP contribution is -2.48. The topological polar surface area (TPSA) is 230 Å². The number of hydrazine groups is 2. The number of esters is 2. The van der Waals surface area contributed by atoms with Crippen LogP contribution in [0.25, 0.3) is 72.4 Å². The highest BCUT2D eigenvalue weighted by atomic mass is 35.5. The number of halogens is 6. The number of fused-ring (bicyclic) bond motifs is 3. The molecule has 2 aliphatic carbocycles. The maximum Gasteiger partial charge on any atom is 0.342 e. The molecule has 6 aliphatic heterocycles. The number of ketones is 1. The molecular formula is C111H116Cl6N4O14. The standard InChI is InChI=1S/C23H23ClO3.C23H25ClO2.C22H23ClN2O3.C22H23ClO3.C20H18Cl2N2O3.CH4/c1-14-6-7-16(15-8-10-17(24)11-9-15)13-18(14)20-21(25)23(2)12-4-3-5-19(23)27-22(20)26;1-14-6-7-16(15-8-10-17(24)11-9-15)12-18(14)20-19(25)13-22(2,3)23(4,5)21(20)26;1-13-12-14(2)19(15(3)18(13)16-4-6-17(23)7-5-16)20-21(26)24-8-10-28-11-9-25(24)22(20)27;1-13-6-7-15(14-8-10-16(23)11-9-14)12-17(13)18-19(24)21(2,3)22(4,5)26-20(18)25;1-12-15(13-2-4-14(21)5-3-13)6-7-16(22)17(12)18-19(25)23-8-10-27-11-9-24(23)20(18)26;/h6-11,13,19,25H,3-5,12H2,1-2H3;6-12,26H,13H2,1-5H3;4-7,12,20H,8-11H2,1-3H3;6-12,24H,1-5H3;2-7,18H,8-11H2,1H3;1H4. The molecule has 10 aromatic rings. The molecule has 2 atom stereocenters. The molecule has 3 N–H and O–H groups in total. The number of aliphatic hydroxyl groups is 3. The van der Waals surface area contributed by atoms with Crippen molar-refractivity contribution in [2.75, 3.05) is 52.6 Å². The summed E-state index contributed by atoms with van der Waals surface area (Å²) in [6, 6.07) is 61.4. The van der Waals surface area contributed by atoms with Gasteiger partial charge in [0.1, 0.15) is 52.0 Å². The molecule has 24 heteroatoms. The highest BCUT2D eigenvalue weighted by Gasteiger charge is 2.54. The van der Waals surface area contributed by atoms with Crippen molar-refractivity contribution >= 4 is 128 Å². The molecule has 0 aromatic heterocycles. The van der Waals surface area contributed by atoms with Gasteiger partial charge in [0.2, 0.25) is 0 Å². The number of carbonyl (C=O) groups excluding carboxylic acids is 7. The highest BCUT2D eigenvalue weighted by molar-refractivity contribution is 6.34. The number of hydrogen-bond acceptors (Lipinski definition) is 14. The van der Waals surface area contributed by atoms with E-state index < -0.39 is 45.6 Å². The summed E-state index contributed by atoms with van der Waals surface area (Å²) in [4.78, 5) is 90.8. The van der Waals surface area contributed by atoms with Gasteiger partial charge >= 0.3 is 11.9 Å². The smallest absolute Gasteiger partial charge is 0.342 e. The van der Waals surface area contributed by atoms with Crippen molar-refractivity contribution in [3.05, 3.63) is 308 Å². The number of ether oxygens (including phenoxy) is 4. The Hall–Kier alpha value is -11.0. The number of rotatable bonds is 10. The lowest BCUT2D eigenvalue weighted by Gasteiger charge is -2.45. The molecule has 0 radical (unpaired) electrons. The predicted molar refractivity (Wildman–Crippen MR) is 540 cm³/mol. The van der Waals surface area contributed by atoms with Gasteiger partial charge in [-0.15, -0.1) is 0 Å². The van der Waals surface area contributed by atoms with Gasteiger partial charge in [-0.25, -0.2) is 29.6 Å². The second kappa shape index (κ2) is 40.7. The van der Waals surface area contributed by atoms with Crippen LogP contribution in [0.1, 0.15) is 180 Å². The van der Waals surface area contributed by atoms with E-state index in [1.165, 1.54) is 10.0 Å². The zero-order valence-electron chi connectivity index (χ0n) is 78.3. The predicted octanol–water partition coefficient (Wildman–Crippen LogP) is 26.6. The third-order valence-corrected chi connectivity index (χ3v) is 30.0. The Morgan fingerprint density at radius 1 is 0.356 bits per heavy atom. The first kappa shape index (κ1) is 101. The van der Waals surface area contributed by atoms with Gasteiger partial charge in [-0.3, -0.25) is 24.0 Å². The van der Waals surface area contributed by atoms with Crippen LogP contribution in [0.2, 0.25) is 30.1 Å². The number of aliphatic hydroxyl groups excluding tert-OH is 3. The molecule has 4 saturated heterocycles. The molecule has 1 saturated carbocycles. The summed E-state index contributed by atoms with van der Waals surface area (Å²) in [5.41, 5.74) is 18.5. The van der Waals surface area contributed by atoms with Crippen molar-refractivity contribution in [2.24, 2.45) is 21.7 Å². The normalized spacial score (nSPS) is 19.6. The van der Waals surface area contributed by atoms with E-state index in [-0.39, 0.29) is 71.2 Å². The van der Waals surface area contributed by atoms with Crippen molar-refractivity contribution in [3.63, 3.8) is 0 Å². The fourth-order valence-corrected chi connectivity index (χ4v) is 20.0. The second-order valence-electron chi connectivity index (χ2n) is 38.0. The Bertz CT molecular complexity index is 6200. The van der Waals surface area contributed by atoms with Crippen LogP contribution in [0, 0.1) is 70.1 Å². The van der Waals surface area contributed by atoms with E-state index in [9.17, 15) is 48.9 Å². The van der Waals surface area contributed by atoms with Gasteiger partial charge in [0.25, 0.3) is 23.6 Å². The van der Waals surface area contributed by atoms with Gasteiger partial charge < -0.3 is 34.3 Å². The average molecular weight is 1940 g/mol. The van der Waals surface area contributed by atoms with Crippen LogP contribution in [0.5, 0.6) is 0 Å². The number of cyclic esters (lactones) is 1. The lowest BCUT2D eigenvalue weighted by atomic mass is 9.59. The van der Waals surface area contributed by atoms with E-state index in [2.05, 4.69) is 13.0 Å². The van der Waals surface area contributed by atoms with E-state index in [1.807, 2.05) is 286 Å². The number of amides is 4. The Labute approximate surface area is 821 Å². The Morgan fingerprint density at radius 2 is 0.719 bits per heavy atom. The van der Waals surface area contributed by atoms with Crippen molar-refractivity contribution < 1.29 is 67.8 Å². The maximum absolute atomic E-state index is 13.2. The fourth-order valence-electron chi connectivity index (χ4n) is 19.0. The van der Waals surface area contributed by atoms with Crippen LogP contribution in [-0.2, 0) is 52.5 Å². The first-order valence-electron chi connectivity index (χ1n) is 45.1. The number of nitrogens with zero attached hydrogens (tertiary/aromatic N) is 4. The van der Waals surface area contributed by atoms with Crippen LogP contribution in [-0.4, -0.2) is 141 Å². The average Bonchev–Trinajstić information content (AvgIpc) is 1.35. The van der Waals surface area contributed by atoms with Crippen molar-refractivity contribution in [1.29, 1.82) is 0 Å². The minimum Gasteiger partial charge on any atom is -0.511 e. The van der Waals surface area contributed by atoms with E-state index in [1.54, 1.807) is 16.1 Å². The third-order valence-electron chi connectivity index (χ3n) is 28.4. The summed E-state index contributed by atoms with van der Waals surface area (Å²) in [6.07, 6.45) is 3.89. The first-order valence-corrected chi connectivity index (χ1v) is 47.4. The number of allylic oxidation sites excluding steroid dienone is 2. The van der Waals surface area contributed by atoms with Crippen molar-refractivity contribution in [2.45, 2.75) is 174 Å². The van der Waals surface area contributed by atoms with Crippen LogP contribution < -0.4 is 0 Å². The van der Waals surface area contributed by atoms with Crippen LogP contribution in [0.15, 0.2) is 211 Å². The SMILES string of the molecule is C.Cc1c(-c2ccc(Cl)cc2)ccc(Cl)c1C1C(=O)N2CCOCCN2C1=O.Cc1cc(C)c(C2C(=O)N3CCOCCN3C2=O)c(C)c1-c1ccc(Cl)cc1.Cc1ccc(-c2ccc(Cl)cc2)cc1C1=C(O)C(C)(C)C(C)(C)CC1=O.Cc1ccc(-c2ccc(Cl)cc2)cc1C1=C(O)C(C)(C)C(C)(C)OC1=O.Cc1ccc(-c2ccc(Cl)cc2)cc1C1=C(O)C2(C)CCCCC2OC1=O. The number of aryl methyl sites for hydroxylation is 5. The molecule has 5 fully saturated rings. The summed E-state index contributed by atoms with van der Waals surface area (Å²) in [6.45, 7) is 34.6. The maximum atomic E-state index is 13.2. The number of carbonyl (C=O) groups is 7. The van der Waals surface area contributed by atoms with Gasteiger partial charge in [-0.05, 0) is 315 Å². The van der Waals surface area contributed by atoms with Gasteiger partial charge in [-0.2, -0.15) is 0 Å². The highest BCUT2D eigenvalue weighted by Crippen LogP contribution is 2.55. The minimum absolute atomic E-state index is 0. The lowest BCUT2D eigenvalue weighted by molar-refractivity contribution is -0.164. The zero-order valence-corrected chi connectivity index (χ0v) is 82.8. The molecule has 0 spiro atoms. The molecule has 4 amide bonds. The molecule has 18 nitrogen and oxygen atoms in total.